The molecule has 6 heteroatoms. The highest BCUT2D eigenvalue weighted by atomic mass is 32.2. The second-order valence-corrected chi connectivity index (χ2v) is 7.09. The molecule has 0 saturated heterocycles. The van der Waals surface area contributed by atoms with Crippen molar-refractivity contribution >= 4 is 28.6 Å². The molecule has 1 aliphatic rings. The molecule has 0 atom stereocenters. The summed E-state index contributed by atoms with van der Waals surface area (Å²) in [5.74, 6) is 2.42. The maximum absolute atomic E-state index is 13.0. The van der Waals surface area contributed by atoms with E-state index in [0.29, 0.717) is 16.1 Å². The molecule has 1 aliphatic carbocycles. The van der Waals surface area contributed by atoms with E-state index in [1.54, 1.807) is 4.57 Å². The summed E-state index contributed by atoms with van der Waals surface area (Å²) in [5.41, 5.74) is 0.662. The van der Waals surface area contributed by atoms with Crippen molar-refractivity contribution < 1.29 is 4.79 Å². The summed E-state index contributed by atoms with van der Waals surface area (Å²) < 4.78 is 1.81. The fourth-order valence-corrected chi connectivity index (χ4v) is 4.12. The van der Waals surface area contributed by atoms with E-state index in [1.807, 2.05) is 24.3 Å². The largest absolute Gasteiger partial charge is 0.344 e. The van der Waals surface area contributed by atoms with Crippen molar-refractivity contribution in [3.05, 3.63) is 34.6 Å². The zero-order valence-corrected chi connectivity index (χ0v) is 14.8. The summed E-state index contributed by atoms with van der Waals surface area (Å²) in [6.45, 7) is 0.208. The number of hydrogen-bond donors (Lipinski definition) is 1. The Labute approximate surface area is 151 Å². The summed E-state index contributed by atoms with van der Waals surface area (Å²) in [6.07, 6.45) is 10.6. The molecule has 1 heterocycles. The van der Waals surface area contributed by atoms with E-state index >= 15 is 0 Å². The van der Waals surface area contributed by atoms with E-state index in [0.717, 1.165) is 25.7 Å². The first kappa shape index (κ1) is 17.6. The van der Waals surface area contributed by atoms with Crippen LogP contribution in [0.15, 0.2) is 34.2 Å². The highest BCUT2D eigenvalue weighted by molar-refractivity contribution is 7.99. The lowest BCUT2D eigenvalue weighted by atomic mass is 9.95. The van der Waals surface area contributed by atoms with Crippen molar-refractivity contribution in [3.63, 3.8) is 0 Å². The Bertz CT molecular complexity index is 863. The SMILES string of the molecule is C#CCNC(=O)CSc1nc2ccccc2c(=O)n1C1CCCCC1. The molecule has 2 aromatic rings. The molecule has 5 nitrogen and oxygen atoms in total. The van der Waals surface area contributed by atoms with Gasteiger partial charge in [-0.05, 0) is 25.0 Å². The molecule has 0 unspecified atom stereocenters. The van der Waals surface area contributed by atoms with Gasteiger partial charge in [0, 0.05) is 6.04 Å². The Hall–Kier alpha value is -2.26. The maximum Gasteiger partial charge on any atom is 0.262 e. The van der Waals surface area contributed by atoms with Crippen LogP contribution >= 0.6 is 11.8 Å². The number of carbonyl (C=O) groups is 1. The quantitative estimate of drug-likeness (QED) is 0.509. The van der Waals surface area contributed by atoms with Crippen LogP contribution < -0.4 is 10.9 Å². The molecule has 0 aliphatic heterocycles. The number of amides is 1. The molecule has 0 bridgehead atoms. The number of aromatic nitrogens is 2. The van der Waals surface area contributed by atoms with Gasteiger partial charge in [0.1, 0.15) is 0 Å². The number of thioether (sulfide) groups is 1. The van der Waals surface area contributed by atoms with Crippen molar-refractivity contribution in [2.45, 2.75) is 43.3 Å². The van der Waals surface area contributed by atoms with E-state index in [9.17, 15) is 9.59 Å². The Morgan fingerprint density at radius 3 is 2.84 bits per heavy atom. The van der Waals surface area contributed by atoms with Crippen molar-refractivity contribution in [2.75, 3.05) is 12.3 Å². The van der Waals surface area contributed by atoms with Gasteiger partial charge in [-0.2, -0.15) is 0 Å². The van der Waals surface area contributed by atoms with Gasteiger partial charge >= 0.3 is 0 Å². The minimum absolute atomic E-state index is 0.0102. The number of hydrogen-bond acceptors (Lipinski definition) is 4. The number of nitrogens with one attached hydrogen (secondary N) is 1. The van der Waals surface area contributed by atoms with Crippen LogP contribution in [-0.4, -0.2) is 27.8 Å². The monoisotopic (exact) mass is 355 g/mol. The minimum atomic E-state index is -0.152. The van der Waals surface area contributed by atoms with E-state index in [-0.39, 0.29) is 29.8 Å². The van der Waals surface area contributed by atoms with Crippen LogP contribution in [0.2, 0.25) is 0 Å². The van der Waals surface area contributed by atoms with Gasteiger partial charge in [0.05, 0.1) is 23.2 Å². The number of rotatable bonds is 5. The molecule has 25 heavy (non-hydrogen) atoms. The zero-order valence-electron chi connectivity index (χ0n) is 14.0. The molecule has 0 radical (unpaired) electrons. The summed E-state index contributed by atoms with van der Waals surface area (Å²) >= 11 is 1.30. The fraction of sp³-hybridized carbons (Fsp3) is 0.421. The average Bonchev–Trinajstić information content (AvgIpc) is 2.65. The Morgan fingerprint density at radius 1 is 1.32 bits per heavy atom. The number of para-hydroxylation sites is 1. The number of terminal acetylenes is 1. The summed E-state index contributed by atoms with van der Waals surface area (Å²) in [4.78, 5) is 29.6. The molecular weight excluding hydrogens is 334 g/mol. The van der Waals surface area contributed by atoms with Crippen LogP contribution in [0.25, 0.3) is 10.9 Å². The topological polar surface area (TPSA) is 64.0 Å². The smallest absolute Gasteiger partial charge is 0.262 e. The first-order valence-electron chi connectivity index (χ1n) is 8.55. The van der Waals surface area contributed by atoms with Crippen molar-refractivity contribution in [1.29, 1.82) is 0 Å². The van der Waals surface area contributed by atoms with Crippen LogP contribution in [0.4, 0.5) is 0 Å². The van der Waals surface area contributed by atoms with Gasteiger partial charge < -0.3 is 5.32 Å². The number of fused-ring (bicyclic) bond motifs is 1. The van der Waals surface area contributed by atoms with Crippen molar-refractivity contribution in [3.8, 4) is 12.3 Å². The minimum Gasteiger partial charge on any atom is -0.344 e. The second-order valence-electron chi connectivity index (χ2n) is 6.15. The van der Waals surface area contributed by atoms with Crippen LogP contribution in [0.5, 0.6) is 0 Å². The third kappa shape index (κ3) is 4.05. The molecule has 0 spiro atoms. The van der Waals surface area contributed by atoms with Gasteiger partial charge in [0.15, 0.2) is 5.16 Å². The maximum atomic E-state index is 13.0. The Morgan fingerprint density at radius 2 is 2.08 bits per heavy atom. The zero-order chi connectivity index (χ0) is 17.6. The predicted molar refractivity (Wildman–Crippen MR) is 101 cm³/mol. The summed E-state index contributed by atoms with van der Waals surface area (Å²) in [5, 5.41) is 3.89. The van der Waals surface area contributed by atoms with Gasteiger partial charge in [0.2, 0.25) is 5.91 Å². The average molecular weight is 355 g/mol. The number of carbonyl (C=O) groups excluding carboxylic acids is 1. The lowest BCUT2D eigenvalue weighted by molar-refractivity contribution is -0.118. The third-order valence-corrected chi connectivity index (χ3v) is 5.39. The van der Waals surface area contributed by atoms with Crippen molar-refractivity contribution in [2.24, 2.45) is 0 Å². The first-order chi connectivity index (χ1) is 12.2. The molecule has 1 N–H and O–H groups in total. The summed E-state index contributed by atoms with van der Waals surface area (Å²) in [6, 6.07) is 7.54. The fourth-order valence-electron chi connectivity index (χ4n) is 3.22. The highest BCUT2D eigenvalue weighted by Crippen LogP contribution is 2.30. The van der Waals surface area contributed by atoms with Gasteiger partial charge in [-0.25, -0.2) is 4.98 Å². The molecule has 130 valence electrons. The lowest BCUT2D eigenvalue weighted by Crippen LogP contribution is -2.30. The van der Waals surface area contributed by atoms with Crippen LogP contribution in [0.3, 0.4) is 0 Å². The van der Waals surface area contributed by atoms with E-state index in [4.69, 9.17) is 6.42 Å². The summed E-state index contributed by atoms with van der Waals surface area (Å²) in [7, 11) is 0. The normalized spacial score (nSPS) is 15.0. The van der Waals surface area contributed by atoms with Crippen LogP contribution in [0.1, 0.15) is 38.1 Å². The molecular formula is C19H21N3O2S. The number of nitrogens with zero attached hydrogens (tertiary/aromatic N) is 2. The molecule has 3 rings (SSSR count). The van der Waals surface area contributed by atoms with Gasteiger partial charge in [-0.1, -0.05) is 49.1 Å². The van der Waals surface area contributed by atoms with Crippen LogP contribution in [0, 0.1) is 12.3 Å². The van der Waals surface area contributed by atoms with Crippen molar-refractivity contribution in [1.82, 2.24) is 14.9 Å². The molecule has 1 saturated carbocycles. The standard InChI is InChI=1S/C19H21N3O2S/c1-2-12-20-17(23)13-25-19-21-16-11-7-6-10-15(16)18(24)22(19)14-8-4-3-5-9-14/h1,6-7,10-11,14H,3-5,8-9,12-13H2,(H,20,23). The molecule has 1 aromatic carbocycles. The van der Waals surface area contributed by atoms with Gasteiger partial charge in [0.25, 0.3) is 5.56 Å². The molecule has 1 amide bonds. The number of benzene rings is 1. The highest BCUT2D eigenvalue weighted by Gasteiger charge is 2.22. The predicted octanol–water partition coefficient (Wildman–Crippen LogP) is 2.74. The van der Waals surface area contributed by atoms with E-state index in [2.05, 4.69) is 16.2 Å². The third-order valence-electron chi connectivity index (χ3n) is 4.44. The molecule has 1 aromatic heterocycles. The van der Waals surface area contributed by atoms with Gasteiger partial charge in [-0.15, -0.1) is 6.42 Å². The van der Waals surface area contributed by atoms with E-state index < -0.39 is 0 Å². The van der Waals surface area contributed by atoms with E-state index in [1.165, 1.54) is 18.2 Å². The Balaban J connectivity index is 1.95. The van der Waals surface area contributed by atoms with Gasteiger partial charge in [-0.3, -0.25) is 14.2 Å². The molecule has 1 fully saturated rings. The first-order valence-corrected chi connectivity index (χ1v) is 9.53. The van der Waals surface area contributed by atoms with Crippen LogP contribution in [-0.2, 0) is 4.79 Å². The Kier molecular flexibility index (Phi) is 5.77. The lowest BCUT2D eigenvalue weighted by Gasteiger charge is -2.26. The second kappa shape index (κ2) is 8.21.